The zero-order valence-electron chi connectivity index (χ0n) is 11.6. The summed E-state index contributed by atoms with van der Waals surface area (Å²) in [6, 6.07) is 5.77. The highest BCUT2D eigenvalue weighted by molar-refractivity contribution is 6.31. The summed E-state index contributed by atoms with van der Waals surface area (Å²) >= 11 is 6.04. The summed E-state index contributed by atoms with van der Waals surface area (Å²) in [6.45, 7) is 3.29. The highest BCUT2D eigenvalue weighted by Gasteiger charge is 2.22. The van der Waals surface area contributed by atoms with Crippen molar-refractivity contribution in [3.63, 3.8) is 0 Å². The predicted molar refractivity (Wildman–Crippen MR) is 79.2 cm³/mol. The molecule has 1 saturated carbocycles. The molecule has 0 spiro atoms. The SMILES string of the molecule is CCCNC1CCCC(Cc2cccc(F)c2Cl)C1. The van der Waals surface area contributed by atoms with E-state index in [1.54, 1.807) is 6.07 Å². The van der Waals surface area contributed by atoms with E-state index in [1.807, 2.05) is 6.07 Å². The second-order valence-corrected chi connectivity index (χ2v) is 5.98. The lowest BCUT2D eigenvalue weighted by Crippen LogP contribution is -2.35. The van der Waals surface area contributed by atoms with Gasteiger partial charge in [-0.25, -0.2) is 4.39 Å². The van der Waals surface area contributed by atoms with Gasteiger partial charge in [0.2, 0.25) is 0 Å². The zero-order chi connectivity index (χ0) is 13.7. The van der Waals surface area contributed by atoms with Crippen molar-refractivity contribution < 1.29 is 4.39 Å². The molecule has 0 amide bonds. The van der Waals surface area contributed by atoms with Gasteiger partial charge in [-0.3, -0.25) is 0 Å². The standard InChI is InChI=1S/C16H23ClFN/c1-2-9-19-14-7-3-5-12(11-14)10-13-6-4-8-15(18)16(13)17/h4,6,8,12,14,19H,2-3,5,7,9-11H2,1H3. The van der Waals surface area contributed by atoms with E-state index in [0.29, 0.717) is 17.0 Å². The van der Waals surface area contributed by atoms with Crippen LogP contribution in [0.3, 0.4) is 0 Å². The Balaban J connectivity index is 1.93. The summed E-state index contributed by atoms with van der Waals surface area (Å²) in [5.41, 5.74) is 0.961. The molecule has 0 saturated heterocycles. The molecule has 1 aliphatic carbocycles. The van der Waals surface area contributed by atoms with E-state index in [2.05, 4.69) is 12.2 Å². The average Bonchev–Trinajstić information content (AvgIpc) is 2.42. The van der Waals surface area contributed by atoms with Gasteiger partial charge in [0.1, 0.15) is 5.82 Å². The van der Waals surface area contributed by atoms with Crippen LogP contribution in [0, 0.1) is 11.7 Å². The number of benzene rings is 1. The largest absolute Gasteiger partial charge is 0.314 e. The van der Waals surface area contributed by atoms with E-state index in [0.717, 1.165) is 18.5 Å². The predicted octanol–water partition coefficient (Wildman–Crippen LogP) is 4.58. The van der Waals surface area contributed by atoms with Crippen molar-refractivity contribution in [1.82, 2.24) is 5.32 Å². The first-order chi connectivity index (χ1) is 9.20. The molecule has 1 fully saturated rings. The van der Waals surface area contributed by atoms with Crippen LogP contribution < -0.4 is 5.32 Å². The molecule has 1 aromatic carbocycles. The van der Waals surface area contributed by atoms with E-state index < -0.39 is 0 Å². The molecule has 0 heterocycles. The van der Waals surface area contributed by atoms with Gasteiger partial charge in [-0.05, 0) is 49.8 Å². The first-order valence-corrected chi connectivity index (χ1v) is 7.74. The summed E-state index contributed by atoms with van der Waals surface area (Å²) in [5, 5.41) is 3.92. The van der Waals surface area contributed by atoms with Gasteiger partial charge < -0.3 is 5.32 Å². The number of halogens is 2. The van der Waals surface area contributed by atoms with E-state index in [1.165, 1.54) is 38.2 Å². The van der Waals surface area contributed by atoms with Gasteiger partial charge in [-0.1, -0.05) is 43.5 Å². The van der Waals surface area contributed by atoms with E-state index >= 15 is 0 Å². The second kappa shape index (κ2) is 7.25. The smallest absolute Gasteiger partial charge is 0.142 e. The Kier molecular flexibility index (Phi) is 5.65. The third kappa shape index (κ3) is 4.19. The first kappa shape index (κ1) is 14.8. The first-order valence-electron chi connectivity index (χ1n) is 7.37. The maximum atomic E-state index is 13.4. The van der Waals surface area contributed by atoms with Gasteiger partial charge >= 0.3 is 0 Å². The maximum absolute atomic E-state index is 13.4. The quantitative estimate of drug-likeness (QED) is 0.834. The fourth-order valence-electron chi connectivity index (χ4n) is 3.03. The molecule has 0 bridgehead atoms. The topological polar surface area (TPSA) is 12.0 Å². The number of rotatable bonds is 5. The van der Waals surface area contributed by atoms with Crippen molar-refractivity contribution in [2.24, 2.45) is 5.92 Å². The minimum absolute atomic E-state index is 0.296. The summed E-state index contributed by atoms with van der Waals surface area (Å²) in [4.78, 5) is 0. The molecule has 1 nitrogen and oxygen atoms in total. The fraction of sp³-hybridized carbons (Fsp3) is 0.625. The van der Waals surface area contributed by atoms with Crippen LogP contribution >= 0.6 is 11.6 Å². The molecule has 1 N–H and O–H groups in total. The average molecular weight is 284 g/mol. The van der Waals surface area contributed by atoms with Crippen LogP contribution in [-0.4, -0.2) is 12.6 Å². The molecule has 1 aliphatic rings. The molecule has 0 aliphatic heterocycles. The Labute approximate surface area is 120 Å². The van der Waals surface area contributed by atoms with Gasteiger partial charge in [0.15, 0.2) is 0 Å². The third-order valence-electron chi connectivity index (χ3n) is 4.01. The molecule has 19 heavy (non-hydrogen) atoms. The Hall–Kier alpha value is -0.600. The molecular weight excluding hydrogens is 261 g/mol. The van der Waals surface area contributed by atoms with Crippen molar-refractivity contribution >= 4 is 11.6 Å². The van der Waals surface area contributed by atoms with E-state index in [9.17, 15) is 4.39 Å². The van der Waals surface area contributed by atoms with Gasteiger partial charge in [0.05, 0.1) is 5.02 Å². The third-order valence-corrected chi connectivity index (χ3v) is 4.43. The van der Waals surface area contributed by atoms with E-state index in [4.69, 9.17) is 11.6 Å². The molecule has 0 aromatic heterocycles. The van der Waals surface area contributed by atoms with Crippen molar-refractivity contribution in [2.45, 2.75) is 51.5 Å². The van der Waals surface area contributed by atoms with Crippen molar-refractivity contribution in [1.29, 1.82) is 0 Å². The minimum Gasteiger partial charge on any atom is -0.314 e. The summed E-state index contributed by atoms with van der Waals surface area (Å²) in [7, 11) is 0. The number of hydrogen-bond donors (Lipinski definition) is 1. The molecule has 106 valence electrons. The Morgan fingerprint density at radius 3 is 3.00 bits per heavy atom. The Bertz CT molecular complexity index is 408. The molecule has 0 radical (unpaired) electrons. The zero-order valence-corrected chi connectivity index (χ0v) is 12.3. The molecule has 3 heteroatoms. The van der Waals surface area contributed by atoms with Crippen LogP contribution in [0.4, 0.5) is 4.39 Å². The minimum atomic E-state index is -0.296. The van der Waals surface area contributed by atoms with E-state index in [-0.39, 0.29) is 5.82 Å². The molecule has 2 atom stereocenters. The van der Waals surface area contributed by atoms with Crippen LogP contribution in [-0.2, 0) is 6.42 Å². The second-order valence-electron chi connectivity index (χ2n) is 5.60. The van der Waals surface area contributed by atoms with Crippen LogP contribution in [0.2, 0.25) is 5.02 Å². The highest BCUT2D eigenvalue weighted by Crippen LogP contribution is 2.30. The lowest BCUT2D eigenvalue weighted by Gasteiger charge is -2.30. The van der Waals surface area contributed by atoms with Crippen LogP contribution in [0.1, 0.15) is 44.6 Å². The molecule has 2 unspecified atom stereocenters. The van der Waals surface area contributed by atoms with Crippen LogP contribution in [0.5, 0.6) is 0 Å². The van der Waals surface area contributed by atoms with Crippen molar-refractivity contribution in [3.8, 4) is 0 Å². The van der Waals surface area contributed by atoms with Gasteiger partial charge in [-0.2, -0.15) is 0 Å². The van der Waals surface area contributed by atoms with Gasteiger partial charge in [0, 0.05) is 6.04 Å². The molecule has 2 rings (SSSR count). The van der Waals surface area contributed by atoms with Crippen molar-refractivity contribution in [3.05, 3.63) is 34.6 Å². The Morgan fingerprint density at radius 2 is 2.21 bits per heavy atom. The van der Waals surface area contributed by atoms with Gasteiger partial charge in [0.25, 0.3) is 0 Å². The maximum Gasteiger partial charge on any atom is 0.142 e. The number of hydrogen-bond acceptors (Lipinski definition) is 1. The number of nitrogens with one attached hydrogen (secondary N) is 1. The monoisotopic (exact) mass is 283 g/mol. The lowest BCUT2D eigenvalue weighted by molar-refractivity contribution is 0.284. The summed E-state index contributed by atoms with van der Waals surface area (Å²) < 4.78 is 13.4. The summed E-state index contributed by atoms with van der Waals surface area (Å²) in [5.74, 6) is 0.332. The highest BCUT2D eigenvalue weighted by atomic mass is 35.5. The van der Waals surface area contributed by atoms with Crippen LogP contribution in [0.25, 0.3) is 0 Å². The normalized spacial score (nSPS) is 23.5. The summed E-state index contributed by atoms with van der Waals surface area (Å²) in [6.07, 6.45) is 7.04. The molecule has 1 aromatic rings. The van der Waals surface area contributed by atoms with Gasteiger partial charge in [-0.15, -0.1) is 0 Å². The Morgan fingerprint density at radius 1 is 1.37 bits per heavy atom. The lowest BCUT2D eigenvalue weighted by atomic mass is 9.82. The van der Waals surface area contributed by atoms with Crippen molar-refractivity contribution in [2.75, 3.05) is 6.54 Å². The molecular formula is C16H23ClFN. The van der Waals surface area contributed by atoms with Crippen LogP contribution in [0.15, 0.2) is 18.2 Å². The fourth-order valence-corrected chi connectivity index (χ4v) is 3.23.